The normalized spacial score (nSPS) is 12.2. The molecular formula is C20H20N6O2. The summed E-state index contributed by atoms with van der Waals surface area (Å²) in [6.07, 6.45) is 6.23. The summed E-state index contributed by atoms with van der Waals surface area (Å²) >= 11 is 0. The Morgan fingerprint density at radius 2 is 1.96 bits per heavy atom. The molecule has 0 aliphatic rings. The summed E-state index contributed by atoms with van der Waals surface area (Å²) in [5.74, 6) is 0. The van der Waals surface area contributed by atoms with Gasteiger partial charge >= 0.3 is 6.09 Å². The van der Waals surface area contributed by atoms with Gasteiger partial charge in [0, 0.05) is 36.1 Å². The smallest absolute Gasteiger partial charge is 0.405 e. The largest absolute Gasteiger partial charge is 0.465 e. The van der Waals surface area contributed by atoms with Crippen LogP contribution in [0.2, 0.25) is 0 Å². The zero-order chi connectivity index (χ0) is 19.8. The number of rotatable bonds is 4. The van der Waals surface area contributed by atoms with Gasteiger partial charge in [0.05, 0.1) is 23.4 Å². The van der Waals surface area contributed by atoms with E-state index in [0.29, 0.717) is 0 Å². The lowest BCUT2D eigenvalue weighted by Gasteiger charge is -2.15. The molecule has 0 aliphatic carbocycles. The van der Waals surface area contributed by atoms with Crippen LogP contribution in [0.1, 0.15) is 24.1 Å². The fourth-order valence-electron chi connectivity index (χ4n) is 3.45. The second kappa shape index (κ2) is 6.80. The molecule has 1 atom stereocenters. The van der Waals surface area contributed by atoms with Crippen molar-refractivity contribution in [1.82, 2.24) is 29.7 Å². The zero-order valence-corrected chi connectivity index (χ0v) is 15.8. The lowest BCUT2D eigenvalue weighted by atomic mass is 9.98. The topological polar surface area (TPSA) is 97.3 Å². The first-order valence-corrected chi connectivity index (χ1v) is 8.85. The van der Waals surface area contributed by atoms with Crippen molar-refractivity contribution in [2.45, 2.75) is 19.9 Å². The Labute approximate surface area is 161 Å². The van der Waals surface area contributed by atoms with E-state index in [-0.39, 0.29) is 6.04 Å². The van der Waals surface area contributed by atoms with Crippen LogP contribution in [0, 0.1) is 6.92 Å². The van der Waals surface area contributed by atoms with E-state index < -0.39 is 6.09 Å². The predicted molar refractivity (Wildman–Crippen MR) is 105 cm³/mol. The van der Waals surface area contributed by atoms with E-state index in [1.807, 2.05) is 68.3 Å². The first-order valence-electron chi connectivity index (χ1n) is 8.85. The average Bonchev–Trinajstić information content (AvgIpc) is 3.26. The SMILES string of the molecule is Cc1cc(-c2ncnn3cc(-c4cnn(C)c4)cc23)ccc1[C@@H](C)NC(=O)O. The molecule has 0 spiro atoms. The Morgan fingerprint density at radius 3 is 2.64 bits per heavy atom. The van der Waals surface area contributed by atoms with Gasteiger partial charge in [-0.1, -0.05) is 12.1 Å². The number of benzene rings is 1. The number of aryl methyl sites for hydroxylation is 2. The van der Waals surface area contributed by atoms with Crippen LogP contribution in [0.25, 0.3) is 27.9 Å². The molecule has 0 fully saturated rings. The third-order valence-electron chi connectivity index (χ3n) is 4.79. The molecule has 142 valence electrons. The van der Waals surface area contributed by atoms with Crippen molar-refractivity contribution < 1.29 is 9.90 Å². The molecule has 3 aromatic heterocycles. The molecular weight excluding hydrogens is 356 g/mol. The second-order valence-electron chi connectivity index (χ2n) is 6.81. The highest BCUT2D eigenvalue weighted by Gasteiger charge is 2.15. The van der Waals surface area contributed by atoms with Crippen LogP contribution in [0.3, 0.4) is 0 Å². The maximum atomic E-state index is 10.9. The minimum Gasteiger partial charge on any atom is -0.465 e. The summed E-state index contributed by atoms with van der Waals surface area (Å²) in [6, 6.07) is 7.68. The number of nitrogens with zero attached hydrogens (tertiary/aromatic N) is 5. The van der Waals surface area contributed by atoms with E-state index in [9.17, 15) is 4.79 Å². The van der Waals surface area contributed by atoms with Crippen molar-refractivity contribution in [3.8, 4) is 22.4 Å². The van der Waals surface area contributed by atoms with Crippen molar-refractivity contribution in [2.75, 3.05) is 0 Å². The summed E-state index contributed by atoms with van der Waals surface area (Å²) in [5.41, 5.74) is 6.62. The number of hydrogen-bond donors (Lipinski definition) is 2. The number of fused-ring (bicyclic) bond motifs is 1. The molecule has 0 unspecified atom stereocenters. The van der Waals surface area contributed by atoms with Crippen LogP contribution in [0.4, 0.5) is 4.79 Å². The van der Waals surface area contributed by atoms with E-state index in [4.69, 9.17) is 5.11 Å². The standard InChI is InChI=1S/C20H20N6O2/c1-12-6-14(4-5-17(12)13(2)24-20(27)28)19-18-7-15(10-26(18)23-11-21-19)16-8-22-25(3)9-16/h4-11,13,24H,1-3H3,(H,27,28)/t13-/m1/s1. The number of aromatic nitrogens is 5. The summed E-state index contributed by atoms with van der Waals surface area (Å²) in [7, 11) is 1.88. The summed E-state index contributed by atoms with van der Waals surface area (Å²) < 4.78 is 3.57. The second-order valence-corrected chi connectivity index (χ2v) is 6.81. The minimum absolute atomic E-state index is 0.289. The molecule has 8 heteroatoms. The summed E-state index contributed by atoms with van der Waals surface area (Å²) in [6.45, 7) is 3.79. The molecule has 0 aliphatic heterocycles. The van der Waals surface area contributed by atoms with Crippen LogP contribution in [-0.2, 0) is 7.05 Å². The number of carbonyl (C=O) groups is 1. The maximum Gasteiger partial charge on any atom is 0.405 e. The van der Waals surface area contributed by atoms with Crippen molar-refractivity contribution in [2.24, 2.45) is 7.05 Å². The molecule has 1 aromatic carbocycles. The number of carboxylic acid groups (broad SMARTS) is 1. The molecule has 2 N–H and O–H groups in total. The molecule has 8 nitrogen and oxygen atoms in total. The van der Waals surface area contributed by atoms with Gasteiger partial charge in [0.25, 0.3) is 0 Å². The van der Waals surface area contributed by atoms with E-state index in [1.165, 1.54) is 6.33 Å². The van der Waals surface area contributed by atoms with Crippen molar-refractivity contribution in [3.05, 3.63) is 60.3 Å². The summed E-state index contributed by atoms with van der Waals surface area (Å²) in [5, 5.41) is 20.0. The van der Waals surface area contributed by atoms with E-state index in [1.54, 1.807) is 4.68 Å². The van der Waals surface area contributed by atoms with Gasteiger partial charge in [-0.05, 0) is 37.1 Å². The van der Waals surface area contributed by atoms with Gasteiger partial charge in [0.1, 0.15) is 6.33 Å². The molecule has 0 radical (unpaired) electrons. The van der Waals surface area contributed by atoms with Crippen LogP contribution in [0.15, 0.2) is 49.2 Å². The van der Waals surface area contributed by atoms with Crippen molar-refractivity contribution in [1.29, 1.82) is 0 Å². The van der Waals surface area contributed by atoms with E-state index in [0.717, 1.165) is 39.0 Å². The molecule has 0 saturated carbocycles. The molecule has 1 amide bonds. The monoisotopic (exact) mass is 376 g/mol. The third-order valence-corrected chi connectivity index (χ3v) is 4.79. The fraction of sp³-hybridized carbons (Fsp3) is 0.200. The van der Waals surface area contributed by atoms with Crippen LogP contribution >= 0.6 is 0 Å². The average molecular weight is 376 g/mol. The number of hydrogen-bond acceptors (Lipinski definition) is 4. The Morgan fingerprint density at radius 1 is 1.14 bits per heavy atom. The number of nitrogens with one attached hydrogen (secondary N) is 1. The van der Waals surface area contributed by atoms with Crippen LogP contribution in [0.5, 0.6) is 0 Å². The van der Waals surface area contributed by atoms with Crippen LogP contribution < -0.4 is 5.32 Å². The quantitative estimate of drug-likeness (QED) is 0.569. The van der Waals surface area contributed by atoms with Gasteiger partial charge < -0.3 is 10.4 Å². The van der Waals surface area contributed by atoms with Gasteiger partial charge in [-0.2, -0.15) is 10.2 Å². The molecule has 3 heterocycles. The van der Waals surface area contributed by atoms with Crippen molar-refractivity contribution >= 4 is 11.6 Å². The van der Waals surface area contributed by atoms with Gasteiger partial charge in [-0.3, -0.25) is 4.68 Å². The predicted octanol–water partition coefficient (Wildman–Crippen LogP) is 3.43. The van der Waals surface area contributed by atoms with E-state index in [2.05, 4.69) is 20.5 Å². The maximum absolute atomic E-state index is 10.9. The van der Waals surface area contributed by atoms with Gasteiger partial charge in [-0.15, -0.1) is 0 Å². The van der Waals surface area contributed by atoms with Gasteiger partial charge in [-0.25, -0.2) is 14.3 Å². The third kappa shape index (κ3) is 3.20. The van der Waals surface area contributed by atoms with E-state index >= 15 is 0 Å². The Bertz CT molecular complexity index is 1180. The highest BCUT2D eigenvalue weighted by atomic mass is 16.4. The number of amides is 1. The highest BCUT2D eigenvalue weighted by molar-refractivity contribution is 5.81. The first kappa shape index (κ1) is 17.7. The fourth-order valence-corrected chi connectivity index (χ4v) is 3.45. The molecule has 28 heavy (non-hydrogen) atoms. The minimum atomic E-state index is -1.04. The van der Waals surface area contributed by atoms with Crippen molar-refractivity contribution in [3.63, 3.8) is 0 Å². The highest BCUT2D eigenvalue weighted by Crippen LogP contribution is 2.29. The Hall–Kier alpha value is -3.68. The lowest BCUT2D eigenvalue weighted by Crippen LogP contribution is -2.24. The summed E-state index contributed by atoms with van der Waals surface area (Å²) in [4.78, 5) is 15.4. The van der Waals surface area contributed by atoms with Gasteiger partial charge in [0.2, 0.25) is 0 Å². The zero-order valence-electron chi connectivity index (χ0n) is 15.8. The molecule has 4 rings (SSSR count). The Balaban J connectivity index is 1.76. The molecule has 0 saturated heterocycles. The van der Waals surface area contributed by atoms with Crippen LogP contribution in [-0.4, -0.2) is 35.6 Å². The molecule has 0 bridgehead atoms. The van der Waals surface area contributed by atoms with Gasteiger partial charge in [0.15, 0.2) is 0 Å². The first-order chi connectivity index (χ1) is 13.4. The molecule has 4 aromatic rings. The Kier molecular flexibility index (Phi) is 4.31. The lowest BCUT2D eigenvalue weighted by molar-refractivity contribution is 0.191.